The second-order valence-corrected chi connectivity index (χ2v) is 6.69. The Hall–Kier alpha value is -1.86. The molecule has 0 spiro atoms. The van der Waals surface area contributed by atoms with Crippen LogP contribution >= 0.6 is 11.6 Å². The van der Waals surface area contributed by atoms with E-state index in [1.54, 1.807) is 19.2 Å². The predicted molar refractivity (Wildman–Crippen MR) is 89.8 cm³/mol. The van der Waals surface area contributed by atoms with Crippen LogP contribution in [0.1, 0.15) is 41.5 Å². The van der Waals surface area contributed by atoms with Crippen molar-refractivity contribution in [3.05, 3.63) is 34.7 Å². The van der Waals surface area contributed by atoms with E-state index >= 15 is 0 Å². The average Bonchev–Trinajstić information content (AvgIpc) is 3.07. The number of H-pyrrole nitrogens is 1. The molecule has 0 radical (unpaired) electrons. The number of nitrogens with zero attached hydrogens (tertiary/aromatic N) is 4. The number of aromatic nitrogens is 3. The van der Waals surface area contributed by atoms with Gasteiger partial charge in [0, 0.05) is 32.3 Å². The topological polar surface area (TPSA) is 78.3 Å². The summed E-state index contributed by atoms with van der Waals surface area (Å²) in [6.07, 6.45) is 4.58. The number of nitrogens with one attached hydrogen (secondary N) is 1. The molecule has 3 rings (SSSR count). The molecule has 8 heteroatoms. The Morgan fingerprint density at radius 2 is 2.33 bits per heavy atom. The minimum atomic E-state index is 0.0130. The Morgan fingerprint density at radius 3 is 3.00 bits per heavy atom. The Bertz CT molecular complexity index is 698. The maximum Gasteiger partial charge on any atom is 0.270 e. The smallest absolute Gasteiger partial charge is 0.270 e. The minimum Gasteiger partial charge on any atom is -0.356 e. The molecule has 0 saturated carbocycles. The molecule has 1 aliphatic heterocycles. The average molecular weight is 352 g/mol. The number of likely N-dealkylation sites (tertiary alicyclic amines) is 1. The first-order chi connectivity index (χ1) is 11.5. The van der Waals surface area contributed by atoms with Crippen molar-refractivity contribution in [2.75, 3.05) is 20.1 Å². The third kappa shape index (κ3) is 3.96. The zero-order chi connectivity index (χ0) is 17.1. The number of hydrogen-bond acceptors (Lipinski definition) is 5. The number of halogens is 1. The van der Waals surface area contributed by atoms with Gasteiger partial charge in [0.1, 0.15) is 5.69 Å². The van der Waals surface area contributed by atoms with Gasteiger partial charge in [0.15, 0.2) is 5.82 Å². The fraction of sp³-hybridized carbons (Fsp3) is 0.562. The van der Waals surface area contributed by atoms with Crippen LogP contribution in [0.15, 0.2) is 16.8 Å². The van der Waals surface area contributed by atoms with Gasteiger partial charge in [0.2, 0.25) is 5.89 Å². The number of aromatic amines is 1. The molecule has 1 unspecified atom stereocenters. The van der Waals surface area contributed by atoms with Gasteiger partial charge in [-0.3, -0.25) is 9.69 Å². The van der Waals surface area contributed by atoms with Crippen LogP contribution in [0.25, 0.3) is 0 Å². The Morgan fingerprint density at radius 1 is 1.50 bits per heavy atom. The van der Waals surface area contributed by atoms with Crippen molar-refractivity contribution in [3.63, 3.8) is 0 Å². The highest BCUT2D eigenvalue weighted by atomic mass is 35.5. The SMILES string of the molecule is Cc1nc(CN(C)C2CCCN(C(=O)c3cc(Cl)c[nH]3)CC2)no1. The third-order valence-corrected chi connectivity index (χ3v) is 4.67. The van der Waals surface area contributed by atoms with Gasteiger partial charge in [-0.25, -0.2) is 0 Å². The second kappa shape index (κ2) is 7.36. The summed E-state index contributed by atoms with van der Waals surface area (Å²) in [4.78, 5) is 23.8. The van der Waals surface area contributed by atoms with Crippen LogP contribution in [0.4, 0.5) is 0 Å². The van der Waals surface area contributed by atoms with Gasteiger partial charge in [-0.1, -0.05) is 16.8 Å². The van der Waals surface area contributed by atoms with E-state index in [0.29, 0.717) is 35.0 Å². The van der Waals surface area contributed by atoms with E-state index in [9.17, 15) is 4.79 Å². The van der Waals surface area contributed by atoms with Crippen molar-refractivity contribution in [2.24, 2.45) is 0 Å². The van der Waals surface area contributed by atoms with Crippen molar-refractivity contribution in [3.8, 4) is 0 Å². The van der Waals surface area contributed by atoms with Crippen molar-refractivity contribution < 1.29 is 9.32 Å². The molecule has 1 amide bonds. The van der Waals surface area contributed by atoms with Crippen LogP contribution in [0.2, 0.25) is 5.02 Å². The Kier molecular flexibility index (Phi) is 5.20. The highest BCUT2D eigenvalue weighted by Gasteiger charge is 2.25. The van der Waals surface area contributed by atoms with E-state index in [4.69, 9.17) is 16.1 Å². The summed E-state index contributed by atoms with van der Waals surface area (Å²) in [6.45, 7) is 3.94. The maximum atomic E-state index is 12.5. The molecule has 0 bridgehead atoms. The Labute approximate surface area is 146 Å². The van der Waals surface area contributed by atoms with Crippen LogP contribution in [0, 0.1) is 6.92 Å². The fourth-order valence-electron chi connectivity index (χ4n) is 3.14. The highest BCUT2D eigenvalue weighted by molar-refractivity contribution is 6.30. The summed E-state index contributed by atoms with van der Waals surface area (Å²) in [7, 11) is 2.07. The molecule has 2 aromatic heterocycles. The highest BCUT2D eigenvalue weighted by Crippen LogP contribution is 2.19. The van der Waals surface area contributed by atoms with Crippen LogP contribution in [0.5, 0.6) is 0 Å². The molecule has 7 nitrogen and oxygen atoms in total. The predicted octanol–water partition coefficient (Wildman–Crippen LogP) is 2.49. The van der Waals surface area contributed by atoms with Gasteiger partial charge in [-0.05, 0) is 32.4 Å². The molecule has 1 aliphatic rings. The zero-order valence-electron chi connectivity index (χ0n) is 14.0. The normalized spacial score (nSPS) is 18.8. The lowest BCUT2D eigenvalue weighted by Crippen LogP contribution is -2.35. The van der Waals surface area contributed by atoms with Crippen LogP contribution in [0.3, 0.4) is 0 Å². The lowest BCUT2D eigenvalue weighted by atomic mass is 10.1. The number of carbonyl (C=O) groups excluding carboxylic acids is 1. The van der Waals surface area contributed by atoms with E-state index in [1.165, 1.54) is 0 Å². The minimum absolute atomic E-state index is 0.0130. The van der Waals surface area contributed by atoms with Crippen molar-refractivity contribution >= 4 is 17.5 Å². The summed E-state index contributed by atoms with van der Waals surface area (Å²) in [6, 6.07) is 2.07. The first-order valence-corrected chi connectivity index (χ1v) is 8.53. The summed E-state index contributed by atoms with van der Waals surface area (Å²) in [5.41, 5.74) is 0.550. The molecule has 1 saturated heterocycles. The molecule has 1 atom stereocenters. The third-order valence-electron chi connectivity index (χ3n) is 4.45. The van der Waals surface area contributed by atoms with Gasteiger partial charge in [0.05, 0.1) is 11.6 Å². The number of amides is 1. The van der Waals surface area contributed by atoms with Crippen molar-refractivity contribution in [1.29, 1.82) is 0 Å². The molecular formula is C16H22ClN5O2. The van der Waals surface area contributed by atoms with E-state index in [-0.39, 0.29) is 5.91 Å². The van der Waals surface area contributed by atoms with Gasteiger partial charge < -0.3 is 14.4 Å². The number of rotatable bonds is 4. The van der Waals surface area contributed by atoms with Gasteiger partial charge in [-0.15, -0.1) is 0 Å². The van der Waals surface area contributed by atoms with Gasteiger partial charge >= 0.3 is 0 Å². The molecule has 0 aromatic carbocycles. The second-order valence-electron chi connectivity index (χ2n) is 6.25. The summed E-state index contributed by atoms with van der Waals surface area (Å²) in [5, 5.41) is 4.51. The van der Waals surface area contributed by atoms with E-state index in [0.717, 1.165) is 32.4 Å². The summed E-state index contributed by atoms with van der Waals surface area (Å²) in [5.74, 6) is 1.30. The largest absolute Gasteiger partial charge is 0.356 e. The first-order valence-electron chi connectivity index (χ1n) is 8.15. The summed E-state index contributed by atoms with van der Waals surface area (Å²) >= 11 is 5.89. The summed E-state index contributed by atoms with van der Waals surface area (Å²) < 4.78 is 5.02. The first kappa shape index (κ1) is 17.0. The van der Waals surface area contributed by atoms with Gasteiger partial charge in [0.25, 0.3) is 5.91 Å². The van der Waals surface area contributed by atoms with E-state index in [1.807, 2.05) is 4.90 Å². The number of carbonyl (C=O) groups is 1. The molecule has 2 aromatic rings. The maximum absolute atomic E-state index is 12.5. The quantitative estimate of drug-likeness (QED) is 0.915. The van der Waals surface area contributed by atoms with Crippen molar-refractivity contribution in [1.82, 2.24) is 24.9 Å². The number of aryl methyl sites for hydroxylation is 1. The molecule has 130 valence electrons. The molecule has 24 heavy (non-hydrogen) atoms. The van der Waals surface area contributed by atoms with Crippen LogP contribution in [-0.4, -0.2) is 57.0 Å². The van der Waals surface area contributed by atoms with Crippen LogP contribution in [-0.2, 0) is 6.54 Å². The zero-order valence-corrected chi connectivity index (χ0v) is 14.7. The standard InChI is InChI=1S/C16H22ClN5O2/c1-11-19-15(20-24-11)10-21(2)13-4-3-6-22(7-5-13)16(23)14-8-12(17)9-18-14/h8-9,13,18H,3-7,10H2,1-2H3. The lowest BCUT2D eigenvalue weighted by Gasteiger charge is -2.26. The molecular weight excluding hydrogens is 330 g/mol. The fourth-order valence-corrected chi connectivity index (χ4v) is 3.31. The van der Waals surface area contributed by atoms with E-state index in [2.05, 4.69) is 27.1 Å². The monoisotopic (exact) mass is 351 g/mol. The molecule has 1 fully saturated rings. The van der Waals surface area contributed by atoms with E-state index < -0.39 is 0 Å². The van der Waals surface area contributed by atoms with Gasteiger partial charge in [-0.2, -0.15) is 4.98 Å². The number of hydrogen-bond donors (Lipinski definition) is 1. The molecule has 1 N–H and O–H groups in total. The molecule has 3 heterocycles. The van der Waals surface area contributed by atoms with Crippen LogP contribution < -0.4 is 0 Å². The van der Waals surface area contributed by atoms with Crippen molar-refractivity contribution in [2.45, 2.75) is 38.8 Å². The lowest BCUT2D eigenvalue weighted by molar-refractivity contribution is 0.0752. The Balaban J connectivity index is 1.57. The molecule has 0 aliphatic carbocycles.